The fourth-order valence-corrected chi connectivity index (χ4v) is 3.96. The molecule has 0 radical (unpaired) electrons. The van der Waals surface area contributed by atoms with E-state index in [2.05, 4.69) is 101 Å². The fourth-order valence-electron chi connectivity index (χ4n) is 3.96. The molecule has 2 aromatic carbocycles. The molecule has 1 nitrogen and oxygen atoms in total. The predicted octanol–water partition coefficient (Wildman–Crippen LogP) is 6.56. The molecule has 1 N–H and O–H groups in total. The van der Waals surface area contributed by atoms with E-state index in [1.165, 1.54) is 39.1 Å². The Balaban J connectivity index is 2.00. The van der Waals surface area contributed by atoms with Crippen molar-refractivity contribution in [3.05, 3.63) is 88.0 Å². The molecule has 1 aliphatic rings. The Morgan fingerprint density at radius 3 is 2.16 bits per heavy atom. The van der Waals surface area contributed by atoms with Crippen LogP contribution in [0.3, 0.4) is 0 Å². The van der Waals surface area contributed by atoms with Crippen molar-refractivity contribution in [2.45, 2.75) is 53.0 Å². The maximum absolute atomic E-state index is 3.83. The maximum Gasteiger partial charge on any atom is 0.0572 e. The quantitative estimate of drug-likeness (QED) is 0.669. The number of benzene rings is 2. The average Bonchev–Trinajstić information content (AvgIpc) is 2.97. The summed E-state index contributed by atoms with van der Waals surface area (Å²) < 4.78 is 0. The van der Waals surface area contributed by atoms with Crippen LogP contribution in [-0.2, 0) is 5.54 Å². The van der Waals surface area contributed by atoms with Crippen molar-refractivity contribution in [1.82, 2.24) is 0 Å². The molecule has 130 valence electrons. The van der Waals surface area contributed by atoms with Crippen LogP contribution < -0.4 is 5.32 Å². The van der Waals surface area contributed by atoms with Crippen LogP contribution in [0.1, 0.15) is 54.5 Å². The molecule has 25 heavy (non-hydrogen) atoms. The molecule has 1 atom stereocenters. The molecule has 0 heterocycles. The zero-order valence-corrected chi connectivity index (χ0v) is 16.3. The largest absolute Gasteiger partial charge is 0.376 e. The second-order valence-electron chi connectivity index (χ2n) is 7.91. The van der Waals surface area contributed by atoms with Gasteiger partial charge in [-0.05, 0) is 63.8 Å². The molecule has 2 aromatic rings. The van der Waals surface area contributed by atoms with Gasteiger partial charge >= 0.3 is 0 Å². The van der Waals surface area contributed by atoms with Gasteiger partial charge in [-0.3, -0.25) is 0 Å². The van der Waals surface area contributed by atoms with Crippen molar-refractivity contribution < 1.29 is 0 Å². The minimum absolute atomic E-state index is 0.153. The van der Waals surface area contributed by atoms with Crippen LogP contribution in [0.5, 0.6) is 0 Å². The van der Waals surface area contributed by atoms with Crippen molar-refractivity contribution in [1.29, 1.82) is 0 Å². The summed E-state index contributed by atoms with van der Waals surface area (Å²) in [4.78, 5) is 0. The molecule has 0 aromatic heterocycles. The molecular formula is C24H29N. The first-order valence-electron chi connectivity index (χ1n) is 9.10. The highest BCUT2D eigenvalue weighted by molar-refractivity contribution is 5.61. The summed E-state index contributed by atoms with van der Waals surface area (Å²) in [6.07, 6.45) is 6.86. The standard InChI is InChI=1S/C24H29N/c1-16-11-12-20(15-16)21-9-7-8-10-22(21)24(5,6)25-23-18(3)13-17(2)14-19(23)4/h7-15,20,25H,1-6H3. The molecular weight excluding hydrogens is 302 g/mol. The molecule has 0 saturated heterocycles. The average molecular weight is 332 g/mol. The first kappa shape index (κ1) is 17.5. The van der Waals surface area contributed by atoms with Crippen LogP contribution in [0.2, 0.25) is 0 Å². The summed E-state index contributed by atoms with van der Waals surface area (Å²) in [7, 11) is 0. The number of rotatable bonds is 4. The van der Waals surface area contributed by atoms with Gasteiger partial charge in [0.05, 0.1) is 5.54 Å². The number of hydrogen-bond donors (Lipinski definition) is 1. The van der Waals surface area contributed by atoms with Gasteiger partial charge in [0, 0.05) is 11.6 Å². The van der Waals surface area contributed by atoms with Gasteiger partial charge in [0.25, 0.3) is 0 Å². The first-order chi connectivity index (χ1) is 11.8. The molecule has 0 saturated carbocycles. The summed E-state index contributed by atoms with van der Waals surface area (Å²) in [5, 5.41) is 3.83. The second kappa shape index (κ2) is 6.55. The summed E-state index contributed by atoms with van der Waals surface area (Å²) >= 11 is 0. The van der Waals surface area contributed by atoms with Crippen molar-refractivity contribution in [3.8, 4) is 0 Å². The third-order valence-corrected chi connectivity index (χ3v) is 5.12. The van der Waals surface area contributed by atoms with E-state index < -0.39 is 0 Å². The van der Waals surface area contributed by atoms with Crippen LogP contribution in [0.4, 0.5) is 5.69 Å². The summed E-state index contributed by atoms with van der Waals surface area (Å²) in [6.45, 7) is 13.3. The zero-order valence-electron chi connectivity index (χ0n) is 16.3. The lowest BCUT2D eigenvalue weighted by molar-refractivity contribution is 0.600. The van der Waals surface area contributed by atoms with Crippen LogP contribution in [-0.4, -0.2) is 0 Å². The van der Waals surface area contributed by atoms with E-state index in [1.807, 2.05) is 0 Å². The molecule has 1 unspecified atom stereocenters. The Bertz CT molecular complexity index is 829. The van der Waals surface area contributed by atoms with E-state index in [-0.39, 0.29) is 5.54 Å². The third kappa shape index (κ3) is 3.56. The van der Waals surface area contributed by atoms with Gasteiger partial charge in [-0.1, -0.05) is 65.8 Å². The monoisotopic (exact) mass is 331 g/mol. The first-order valence-corrected chi connectivity index (χ1v) is 9.10. The van der Waals surface area contributed by atoms with E-state index in [1.54, 1.807) is 0 Å². The lowest BCUT2D eigenvalue weighted by Crippen LogP contribution is -2.30. The number of anilines is 1. The lowest BCUT2D eigenvalue weighted by Gasteiger charge is -2.33. The molecule has 0 fully saturated rings. The van der Waals surface area contributed by atoms with E-state index in [9.17, 15) is 0 Å². The summed E-state index contributed by atoms with van der Waals surface area (Å²) in [5.41, 5.74) is 9.11. The Morgan fingerprint density at radius 2 is 1.56 bits per heavy atom. The molecule has 1 aliphatic carbocycles. The van der Waals surface area contributed by atoms with Crippen LogP contribution >= 0.6 is 0 Å². The smallest absolute Gasteiger partial charge is 0.0572 e. The minimum Gasteiger partial charge on any atom is -0.376 e. The normalized spacial score (nSPS) is 16.9. The van der Waals surface area contributed by atoms with Gasteiger partial charge in [-0.2, -0.15) is 0 Å². The SMILES string of the molecule is CC1=CC(c2ccccc2C(C)(C)Nc2c(C)cc(C)cc2C)C=C1. The zero-order chi connectivity index (χ0) is 18.2. The van der Waals surface area contributed by atoms with E-state index >= 15 is 0 Å². The molecule has 0 amide bonds. The van der Waals surface area contributed by atoms with E-state index in [0.717, 1.165) is 0 Å². The van der Waals surface area contributed by atoms with E-state index in [4.69, 9.17) is 0 Å². The Hall–Kier alpha value is -2.28. The molecule has 0 spiro atoms. The van der Waals surface area contributed by atoms with Crippen molar-refractivity contribution in [2.75, 3.05) is 5.32 Å². The summed E-state index contributed by atoms with van der Waals surface area (Å²) in [5.74, 6) is 0.373. The van der Waals surface area contributed by atoms with Crippen molar-refractivity contribution in [2.24, 2.45) is 0 Å². The number of nitrogens with one attached hydrogen (secondary N) is 1. The van der Waals surface area contributed by atoms with Crippen molar-refractivity contribution >= 4 is 5.69 Å². The molecule has 1 heteroatoms. The Kier molecular flexibility index (Phi) is 4.60. The maximum atomic E-state index is 3.83. The predicted molar refractivity (Wildman–Crippen MR) is 109 cm³/mol. The van der Waals surface area contributed by atoms with Crippen molar-refractivity contribution in [3.63, 3.8) is 0 Å². The topological polar surface area (TPSA) is 12.0 Å². The van der Waals surface area contributed by atoms with Crippen LogP contribution in [0, 0.1) is 20.8 Å². The highest BCUT2D eigenvalue weighted by atomic mass is 15.0. The van der Waals surface area contributed by atoms with Gasteiger partial charge in [0.2, 0.25) is 0 Å². The van der Waals surface area contributed by atoms with Gasteiger partial charge in [-0.15, -0.1) is 0 Å². The Morgan fingerprint density at radius 1 is 0.920 bits per heavy atom. The van der Waals surface area contributed by atoms with Crippen LogP contribution in [0.15, 0.2) is 60.2 Å². The highest BCUT2D eigenvalue weighted by Crippen LogP contribution is 2.37. The molecule has 3 rings (SSSR count). The van der Waals surface area contributed by atoms with Gasteiger partial charge in [-0.25, -0.2) is 0 Å². The molecule has 0 bridgehead atoms. The summed E-state index contributed by atoms with van der Waals surface area (Å²) in [6, 6.07) is 13.3. The van der Waals surface area contributed by atoms with Crippen LogP contribution in [0.25, 0.3) is 0 Å². The van der Waals surface area contributed by atoms with Gasteiger partial charge in [0.15, 0.2) is 0 Å². The van der Waals surface area contributed by atoms with Gasteiger partial charge < -0.3 is 5.32 Å². The van der Waals surface area contributed by atoms with Gasteiger partial charge in [0.1, 0.15) is 0 Å². The third-order valence-electron chi connectivity index (χ3n) is 5.12. The highest BCUT2D eigenvalue weighted by Gasteiger charge is 2.26. The second-order valence-corrected chi connectivity index (χ2v) is 7.91. The molecule has 0 aliphatic heterocycles. The number of hydrogen-bond acceptors (Lipinski definition) is 1. The Labute approximate surface area is 152 Å². The lowest BCUT2D eigenvalue weighted by atomic mass is 9.84. The number of aryl methyl sites for hydroxylation is 3. The minimum atomic E-state index is -0.153. The fraction of sp³-hybridized carbons (Fsp3) is 0.333. The van der Waals surface area contributed by atoms with E-state index in [0.29, 0.717) is 5.92 Å². The number of allylic oxidation sites excluding steroid dienone is 4.